The van der Waals surface area contributed by atoms with Gasteiger partial charge in [-0.2, -0.15) is 0 Å². The molecule has 212 valence electrons. The summed E-state index contributed by atoms with van der Waals surface area (Å²) >= 11 is 0. The lowest BCUT2D eigenvalue weighted by atomic mass is 10.2. The first kappa shape index (κ1) is 34.6. The molecule has 0 radical (unpaired) electrons. The lowest BCUT2D eigenvalue weighted by molar-refractivity contribution is -0.0252. The summed E-state index contributed by atoms with van der Waals surface area (Å²) in [6, 6.07) is 0. The Balaban J connectivity index is 3.00. The molecule has 0 N–H and O–H groups in total. The van der Waals surface area contributed by atoms with E-state index in [1.165, 1.54) is 25.7 Å². The van der Waals surface area contributed by atoms with E-state index in [9.17, 15) is 4.39 Å². The van der Waals surface area contributed by atoms with E-state index in [0.29, 0.717) is 106 Å². The number of alkyl halides is 1. The van der Waals surface area contributed by atoms with E-state index in [1.807, 2.05) is 0 Å². The molecule has 10 heteroatoms. The fourth-order valence-corrected chi connectivity index (χ4v) is 2.72. The maximum Gasteiger partial charge on any atom is 0.113 e. The third-order valence-electron chi connectivity index (χ3n) is 4.59. The number of rotatable bonds is 32. The number of hydrogen-bond donors (Lipinski definition) is 0. The zero-order valence-corrected chi connectivity index (χ0v) is 22.0. The summed E-state index contributed by atoms with van der Waals surface area (Å²) in [5, 5.41) is 0. The van der Waals surface area contributed by atoms with E-state index in [1.54, 1.807) is 0 Å². The minimum atomic E-state index is -0.468. The van der Waals surface area contributed by atoms with Crippen LogP contribution in [0.25, 0.3) is 0 Å². The highest BCUT2D eigenvalue weighted by Gasteiger charge is 1.96. The topological polar surface area (TPSA) is 83.1 Å². The summed E-state index contributed by atoms with van der Waals surface area (Å²) in [5.41, 5.74) is 0. The zero-order chi connectivity index (χ0) is 25.3. The highest BCUT2D eigenvalue weighted by Crippen LogP contribution is 2.02. The van der Waals surface area contributed by atoms with Crippen LogP contribution < -0.4 is 0 Å². The van der Waals surface area contributed by atoms with Crippen molar-refractivity contribution in [3.63, 3.8) is 0 Å². The van der Waals surface area contributed by atoms with E-state index < -0.39 is 6.67 Å². The summed E-state index contributed by atoms with van der Waals surface area (Å²) in [5.74, 6) is 0. The monoisotopic (exact) mass is 514 g/mol. The van der Waals surface area contributed by atoms with E-state index >= 15 is 0 Å². The van der Waals surface area contributed by atoms with Gasteiger partial charge in [0, 0.05) is 6.61 Å². The SMILES string of the molecule is CCCCCCCOCCOCCOCCOCCOCCOCCOCCOCCOCCF. The van der Waals surface area contributed by atoms with E-state index in [0.717, 1.165) is 13.0 Å². The van der Waals surface area contributed by atoms with Crippen molar-refractivity contribution in [2.75, 3.05) is 126 Å². The van der Waals surface area contributed by atoms with Gasteiger partial charge >= 0.3 is 0 Å². The van der Waals surface area contributed by atoms with Gasteiger partial charge in [-0.3, -0.25) is 0 Å². The molecular weight excluding hydrogens is 463 g/mol. The van der Waals surface area contributed by atoms with Crippen LogP contribution in [0.5, 0.6) is 0 Å². The van der Waals surface area contributed by atoms with Crippen LogP contribution >= 0.6 is 0 Å². The van der Waals surface area contributed by atoms with Crippen LogP contribution in [0.3, 0.4) is 0 Å². The second kappa shape index (κ2) is 33.6. The Bertz CT molecular complexity index is 336. The molecule has 0 aliphatic heterocycles. The van der Waals surface area contributed by atoms with Gasteiger partial charge in [0.15, 0.2) is 0 Å². The molecule has 0 aromatic heterocycles. The number of hydrogen-bond acceptors (Lipinski definition) is 9. The predicted molar refractivity (Wildman–Crippen MR) is 132 cm³/mol. The third kappa shape index (κ3) is 33.6. The van der Waals surface area contributed by atoms with Gasteiger partial charge in [0.2, 0.25) is 0 Å². The minimum absolute atomic E-state index is 0.121. The molecule has 0 fully saturated rings. The van der Waals surface area contributed by atoms with Crippen LogP contribution in [-0.4, -0.2) is 126 Å². The van der Waals surface area contributed by atoms with Gasteiger partial charge in [0.25, 0.3) is 0 Å². The van der Waals surface area contributed by atoms with Crippen molar-refractivity contribution in [3.8, 4) is 0 Å². The Morgan fingerprint density at radius 2 is 0.571 bits per heavy atom. The van der Waals surface area contributed by atoms with Gasteiger partial charge < -0.3 is 42.6 Å². The summed E-state index contributed by atoms with van der Waals surface area (Å²) in [6.07, 6.45) is 6.28. The Morgan fingerprint density at radius 1 is 0.314 bits per heavy atom. The third-order valence-corrected chi connectivity index (χ3v) is 4.59. The van der Waals surface area contributed by atoms with Crippen molar-refractivity contribution >= 4 is 0 Å². The number of unbranched alkanes of at least 4 members (excludes halogenated alkanes) is 4. The van der Waals surface area contributed by atoms with Crippen LogP contribution in [0.4, 0.5) is 4.39 Å². The Labute approximate surface area is 212 Å². The zero-order valence-electron chi connectivity index (χ0n) is 22.0. The van der Waals surface area contributed by atoms with E-state index in [2.05, 4.69) is 6.92 Å². The molecule has 0 bridgehead atoms. The van der Waals surface area contributed by atoms with Crippen LogP contribution in [0.2, 0.25) is 0 Å². The molecule has 0 aliphatic carbocycles. The Morgan fingerprint density at radius 3 is 0.857 bits per heavy atom. The van der Waals surface area contributed by atoms with Crippen molar-refractivity contribution in [2.24, 2.45) is 0 Å². The van der Waals surface area contributed by atoms with E-state index in [-0.39, 0.29) is 6.61 Å². The van der Waals surface area contributed by atoms with Crippen molar-refractivity contribution < 1.29 is 47.0 Å². The van der Waals surface area contributed by atoms with Crippen molar-refractivity contribution in [3.05, 3.63) is 0 Å². The molecule has 0 heterocycles. The fraction of sp³-hybridized carbons (Fsp3) is 1.00. The maximum atomic E-state index is 11.8. The van der Waals surface area contributed by atoms with Gasteiger partial charge in [0.05, 0.1) is 112 Å². The molecule has 35 heavy (non-hydrogen) atoms. The first-order valence-electron chi connectivity index (χ1n) is 13.2. The largest absolute Gasteiger partial charge is 0.379 e. The van der Waals surface area contributed by atoms with Gasteiger partial charge in [-0.05, 0) is 6.42 Å². The van der Waals surface area contributed by atoms with E-state index in [4.69, 9.17) is 42.6 Å². The highest BCUT2D eigenvalue weighted by atomic mass is 19.1. The molecule has 0 aromatic rings. The van der Waals surface area contributed by atoms with Crippen LogP contribution in [0.1, 0.15) is 39.0 Å². The first-order chi connectivity index (χ1) is 17.4. The highest BCUT2D eigenvalue weighted by molar-refractivity contribution is 4.42. The standard InChI is InChI=1S/C25H51FO9/c1-2-3-4-5-6-8-27-10-12-29-14-16-31-18-20-33-22-24-35-25-23-34-21-19-32-17-15-30-13-11-28-9-7-26/h2-25H2,1H3. The van der Waals surface area contributed by atoms with Crippen LogP contribution in [0, 0.1) is 0 Å². The molecule has 0 unspecified atom stereocenters. The molecule has 0 saturated heterocycles. The molecular formula is C25H51FO9. The molecule has 0 atom stereocenters. The second-order valence-corrected chi connectivity index (χ2v) is 7.61. The molecule has 0 saturated carbocycles. The lowest BCUT2D eigenvalue weighted by Gasteiger charge is -2.09. The first-order valence-corrected chi connectivity index (χ1v) is 13.2. The molecule has 0 aromatic carbocycles. The summed E-state index contributed by atoms with van der Waals surface area (Å²) in [4.78, 5) is 0. The van der Waals surface area contributed by atoms with Gasteiger partial charge in [0.1, 0.15) is 6.67 Å². The second-order valence-electron chi connectivity index (χ2n) is 7.61. The molecule has 0 spiro atoms. The number of halogens is 1. The molecule has 0 amide bonds. The van der Waals surface area contributed by atoms with Crippen LogP contribution in [0.15, 0.2) is 0 Å². The average molecular weight is 515 g/mol. The van der Waals surface area contributed by atoms with Gasteiger partial charge in [-0.1, -0.05) is 32.6 Å². The molecule has 9 nitrogen and oxygen atoms in total. The summed E-state index contributed by atoms with van der Waals surface area (Å²) < 4.78 is 60.2. The molecule has 0 rings (SSSR count). The minimum Gasteiger partial charge on any atom is -0.379 e. The van der Waals surface area contributed by atoms with Crippen molar-refractivity contribution in [1.82, 2.24) is 0 Å². The number of ether oxygens (including phenoxy) is 9. The van der Waals surface area contributed by atoms with Crippen molar-refractivity contribution in [2.45, 2.75) is 39.0 Å². The molecule has 0 aliphatic rings. The average Bonchev–Trinajstić information content (AvgIpc) is 2.87. The van der Waals surface area contributed by atoms with Gasteiger partial charge in [-0.25, -0.2) is 4.39 Å². The summed E-state index contributed by atoms with van der Waals surface area (Å²) in [7, 11) is 0. The predicted octanol–water partition coefficient (Wildman–Crippen LogP) is 3.08. The van der Waals surface area contributed by atoms with Crippen LogP contribution in [-0.2, 0) is 42.6 Å². The Kier molecular flexibility index (Phi) is 33.2. The Hall–Kier alpha value is -0.430. The smallest absolute Gasteiger partial charge is 0.113 e. The quantitative estimate of drug-likeness (QED) is 0.126. The lowest BCUT2D eigenvalue weighted by Crippen LogP contribution is -2.15. The van der Waals surface area contributed by atoms with Crippen molar-refractivity contribution in [1.29, 1.82) is 0 Å². The summed E-state index contributed by atoms with van der Waals surface area (Å²) in [6.45, 7) is 11.1. The normalized spacial score (nSPS) is 11.5. The van der Waals surface area contributed by atoms with Gasteiger partial charge in [-0.15, -0.1) is 0 Å². The fourth-order valence-electron chi connectivity index (χ4n) is 2.72. The maximum absolute atomic E-state index is 11.8.